The van der Waals surface area contributed by atoms with Gasteiger partial charge in [0.05, 0.1) is 15.8 Å². The highest BCUT2D eigenvalue weighted by Crippen LogP contribution is 2.45. The largest absolute Gasteiger partial charge is 0.507 e. The number of carbonyl (C=O) groups excluding carboxylic acids is 2. The Balaban J connectivity index is 1.55. The number of fused-ring (bicyclic) bond motifs is 2. The molecule has 1 saturated heterocycles. The van der Waals surface area contributed by atoms with E-state index in [0.717, 1.165) is 21.8 Å². The van der Waals surface area contributed by atoms with Gasteiger partial charge in [0.1, 0.15) is 35.3 Å². The maximum Gasteiger partial charge on any atom is 0.301 e. The van der Waals surface area contributed by atoms with Gasteiger partial charge in [-0.3, -0.25) is 14.5 Å². The molecular weight excluding hydrogens is 486 g/mol. The summed E-state index contributed by atoms with van der Waals surface area (Å²) < 4.78 is 35.0. The summed E-state index contributed by atoms with van der Waals surface area (Å²) in [5, 5.41) is 11.4. The third-order valence-corrected chi connectivity index (χ3v) is 7.38. The Morgan fingerprint density at radius 3 is 2.72 bits per heavy atom. The molecule has 2 aliphatic rings. The number of aromatic nitrogens is 1. The lowest BCUT2D eigenvalue weighted by Crippen LogP contribution is -2.29. The molecule has 2 atom stereocenters. The van der Waals surface area contributed by atoms with Crippen LogP contribution >= 0.6 is 11.3 Å². The fourth-order valence-corrected chi connectivity index (χ4v) is 5.75. The maximum absolute atomic E-state index is 15.1. The predicted molar refractivity (Wildman–Crippen MR) is 131 cm³/mol. The molecule has 0 spiro atoms. The molecule has 0 aliphatic carbocycles. The van der Waals surface area contributed by atoms with E-state index in [2.05, 4.69) is 4.98 Å². The SMILES string of the molecule is C[C@@H]1Cc2cc(C(O)=C3C(=O)C(=O)N(c4nc5ccc(F)cc5s4)[C@@H]3c3ccccc3F)ccc2O1. The number of aliphatic hydroxyl groups excluding tert-OH is 1. The standard InChI is InChI=1S/C27H18F2N2O4S/c1-13-10-15-11-14(6-9-20(15)35-13)24(32)22-23(17-4-2-3-5-18(17)29)31(26(34)25(22)33)27-30-19-8-7-16(28)12-21(19)36-27/h2-9,11-13,23,32H,10H2,1H3/t13-,23-/m1/s1. The second-order valence-corrected chi connectivity index (χ2v) is 9.76. The van der Waals surface area contributed by atoms with Crippen molar-refractivity contribution in [2.75, 3.05) is 4.90 Å². The number of hydrogen-bond donors (Lipinski definition) is 1. The van der Waals surface area contributed by atoms with Gasteiger partial charge in [-0.2, -0.15) is 0 Å². The summed E-state index contributed by atoms with van der Waals surface area (Å²) >= 11 is 1.00. The number of amides is 1. The van der Waals surface area contributed by atoms with E-state index in [-0.39, 0.29) is 22.4 Å². The third kappa shape index (κ3) is 3.46. The zero-order chi connectivity index (χ0) is 25.1. The van der Waals surface area contributed by atoms with Crippen LogP contribution in [0.25, 0.3) is 16.0 Å². The first-order valence-corrected chi connectivity index (χ1v) is 12.0. The lowest BCUT2D eigenvalue weighted by Gasteiger charge is -2.23. The van der Waals surface area contributed by atoms with Crippen molar-refractivity contribution in [2.24, 2.45) is 0 Å². The first-order chi connectivity index (χ1) is 17.3. The quantitative estimate of drug-likeness (QED) is 0.226. The summed E-state index contributed by atoms with van der Waals surface area (Å²) in [5.74, 6) is -2.77. The van der Waals surface area contributed by atoms with Crippen molar-refractivity contribution in [3.8, 4) is 5.75 Å². The van der Waals surface area contributed by atoms with Crippen molar-refractivity contribution in [2.45, 2.75) is 25.5 Å². The molecule has 6 rings (SSSR count). The number of halogens is 2. The molecule has 4 aromatic rings. The van der Waals surface area contributed by atoms with Gasteiger partial charge in [-0.1, -0.05) is 29.5 Å². The average Bonchev–Trinajstić information content (AvgIpc) is 3.51. The first-order valence-electron chi connectivity index (χ1n) is 11.2. The van der Waals surface area contributed by atoms with Gasteiger partial charge in [-0.05, 0) is 55.0 Å². The lowest BCUT2D eigenvalue weighted by molar-refractivity contribution is -0.132. The van der Waals surface area contributed by atoms with Gasteiger partial charge in [-0.15, -0.1) is 0 Å². The number of aliphatic hydroxyl groups is 1. The summed E-state index contributed by atoms with van der Waals surface area (Å²) in [5.41, 5.74) is 1.39. The molecule has 0 unspecified atom stereocenters. The molecular formula is C27H18F2N2O4S. The number of rotatable bonds is 3. The third-order valence-electron chi connectivity index (χ3n) is 6.36. The topological polar surface area (TPSA) is 79.7 Å². The monoisotopic (exact) mass is 504 g/mol. The van der Waals surface area contributed by atoms with E-state index < -0.39 is 35.1 Å². The van der Waals surface area contributed by atoms with Crippen LogP contribution in [-0.4, -0.2) is 27.9 Å². The Kier molecular flexibility index (Phi) is 5.11. The van der Waals surface area contributed by atoms with E-state index in [1.54, 1.807) is 24.3 Å². The molecule has 1 aromatic heterocycles. The Labute approximate surface area is 208 Å². The number of benzene rings is 3. The molecule has 3 aromatic carbocycles. The maximum atomic E-state index is 15.1. The van der Waals surface area contributed by atoms with E-state index in [0.29, 0.717) is 28.0 Å². The van der Waals surface area contributed by atoms with Gasteiger partial charge in [0.25, 0.3) is 5.78 Å². The number of thiazole rings is 1. The molecule has 180 valence electrons. The van der Waals surface area contributed by atoms with Crippen LogP contribution in [0.5, 0.6) is 5.75 Å². The van der Waals surface area contributed by atoms with Gasteiger partial charge in [0, 0.05) is 17.5 Å². The van der Waals surface area contributed by atoms with Crippen molar-refractivity contribution in [3.05, 3.63) is 94.6 Å². The van der Waals surface area contributed by atoms with Crippen LogP contribution in [0, 0.1) is 11.6 Å². The molecule has 6 nitrogen and oxygen atoms in total. The normalized spacial score (nSPS) is 20.7. The molecule has 3 heterocycles. The number of anilines is 1. The van der Waals surface area contributed by atoms with Crippen molar-refractivity contribution in [1.29, 1.82) is 0 Å². The molecule has 1 amide bonds. The fourth-order valence-electron chi connectivity index (χ4n) is 4.74. The predicted octanol–water partition coefficient (Wildman–Crippen LogP) is 5.52. The minimum absolute atomic E-state index is 0.0229. The van der Waals surface area contributed by atoms with Crippen molar-refractivity contribution in [3.63, 3.8) is 0 Å². The second kappa shape index (κ2) is 8.23. The summed E-state index contributed by atoms with van der Waals surface area (Å²) in [7, 11) is 0. The Morgan fingerprint density at radius 1 is 1.11 bits per heavy atom. The Hall–Kier alpha value is -4.11. The summed E-state index contributed by atoms with van der Waals surface area (Å²) in [6.07, 6.45) is 0.606. The zero-order valence-corrected chi connectivity index (χ0v) is 19.7. The number of Topliss-reactive ketones (excluding diaryl/α,β-unsaturated/α-hetero) is 1. The molecule has 2 aliphatic heterocycles. The molecule has 0 radical (unpaired) electrons. The smallest absolute Gasteiger partial charge is 0.301 e. The number of ether oxygens (including phenoxy) is 1. The van der Waals surface area contributed by atoms with E-state index in [9.17, 15) is 19.1 Å². The van der Waals surface area contributed by atoms with Crippen LogP contribution in [0.1, 0.15) is 29.7 Å². The molecule has 9 heteroatoms. The average molecular weight is 505 g/mol. The summed E-state index contributed by atoms with van der Waals surface area (Å²) in [6.45, 7) is 1.92. The molecule has 36 heavy (non-hydrogen) atoms. The fraction of sp³-hybridized carbons (Fsp3) is 0.148. The van der Waals surface area contributed by atoms with Crippen LogP contribution in [0.15, 0.2) is 66.2 Å². The molecule has 0 saturated carbocycles. The molecule has 1 fully saturated rings. The van der Waals surface area contributed by atoms with Gasteiger partial charge < -0.3 is 9.84 Å². The summed E-state index contributed by atoms with van der Waals surface area (Å²) in [4.78, 5) is 32.1. The van der Waals surface area contributed by atoms with E-state index >= 15 is 4.39 Å². The van der Waals surface area contributed by atoms with E-state index in [1.807, 2.05) is 6.92 Å². The van der Waals surface area contributed by atoms with E-state index in [1.165, 1.54) is 36.4 Å². The van der Waals surface area contributed by atoms with Gasteiger partial charge in [0.15, 0.2) is 5.13 Å². The van der Waals surface area contributed by atoms with Crippen LogP contribution in [0.4, 0.5) is 13.9 Å². The van der Waals surface area contributed by atoms with Crippen molar-refractivity contribution >= 4 is 44.1 Å². The van der Waals surface area contributed by atoms with E-state index in [4.69, 9.17) is 4.74 Å². The highest BCUT2D eigenvalue weighted by molar-refractivity contribution is 7.22. The highest BCUT2D eigenvalue weighted by atomic mass is 32.1. The Bertz CT molecular complexity index is 1610. The zero-order valence-electron chi connectivity index (χ0n) is 18.9. The minimum atomic E-state index is -1.26. The van der Waals surface area contributed by atoms with Gasteiger partial charge in [0.2, 0.25) is 0 Å². The molecule has 1 N–H and O–H groups in total. The Morgan fingerprint density at radius 2 is 1.92 bits per heavy atom. The van der Waals surface area contributed by atoms with Gasteiger partial charge >= 0.3 is 5.91 Å². The number of nitrogens with zero attached hydrogens (tertiary/aromatic N) is 2. The number of carbonyl (C=O) groups is 2. The molecule has 0 bridgehead atoms. The van der Waals surface area contributed by atoms with Crippen LogP contribution in [0.2, 0.25) is 0 Å². The van der Waals surface area contributed by atoms with Gasteiger partial charge in [-0.25, -0.2) is 13.8 Å². The summed E-state index contributed by atoms with van der Waals surface area (Å²) in [6, 6.07) is 13.5. The van der Waals surface area contributed by atoms with Crippen LogP contribution in [0.3, 0.4) is 0 Å². The second-order valence-electron chi connectivity index (χ2n) is 8.75. The van der Waals surface area contributed by atoms with Crippen molar-refractivity contribution in [1.82, 2.24) is 4.98 Å². The first kappa shape index (κ1) is 22.4. The van der Waals surface area contributed by atoms with Crippen LogP contribution < -0.4 is 9.64 Å². The number of ketones is 1. The van der Waals surface area contributed by atoms with Crippen molar-refractivity contribution < 1.29 is 28.2 Å². The van der Waals surface area contributed by atoms with Crippen LogP contribution in [-0.2, 0) is 16.0 Å². The number of hydrogen-bond acceptors (Lipinski definition) is 6. The highest BCUT2D eigenvalue weighted by Gasteiger charge is 2.49. The minimum Gasteiger partial charge on any atom is -0.507 e. The lowest BCUT2D eigenvalue weighted by atomic mass is 9.94.